The normalized spacial score (nSPS) is 11.7. The Morgan fingerprint density at radius 1 is 1.00 bits per heavy atom. The van der Waals surface area contributed by atoms with Gasteiger partial charge in [-0.25, -0.2) is 13.1 Å². The lowest BCUT2D eigenvalue weighted by atomic mass is 10.1. The lowest BCUT2D eigenvalue weighted by molar-refractivity contribution is -0.0498. The number of ether oxygens (including phenoxy) is 1. The van der Waals surface area contributed by atoms with E-state index in [0.29, 0.717) is 22.0 Å². The Hall–Kier alpha value is -1.41. The van der Waals surface area contributed by atoms with Crippen molar-refractivity contribution in [3.05, 3.63) is 63.6 Å². The van der Waals surface area contributed by atoms with Crippen LogP contribution in [0.25, 0.3) is 0 Å². The summed E-state index contributed by atoms with van der Waals surface area (Å²) in [6.45, 7) is -2.70. The molecule has 0 aliphatic heterocycles. The van der Waals surface area contributed by atoms with E-state index < -0.39 is 16.6 Å². The van der Waals surface area contributed by atoms with Crippen LogP contribution in [0, 0.1) is 0 Å². The van der Waals surface area contributed by atoms with Crippen molar-refractivity contribution < 1.29 is 21.9 Å². The Labute approximate surface area is 154 Å². The van der Waals surface area contributed by atoms with Gasteiger partial charge in [0.2, 0.25) is 10.0 Å². The van der Waals surface area contributed by atoms with E-state index in [4.69, 9.17) is 23.2 Å². The minimum absolute atomic E-state index is 0.0546. The molecule has 0 radical (unpaired) electrons. The summed E-state index contributed by atoms with van der Waals surface area (Å²) in [5.74, 6) is -0.163. The molecule has 1 N–H and O–H groups in total. The lowest BCUT2D eigenvalue weighted by Gasteiger charge is -2.09. The van der Waals surface area contributed by atoms with Crippen molar-refractivity contribution in [1.29, 1.82) is 0 Å². The first-order chi connectivity index (χ1) is 11.7. The number of hydrogen-bond acceptors (Lipinski definition) is 3. The van der Waals surface area contributed by atoms with Crippen molar-refractivity contribution in [3.8, 4) is 5.75 Å². The molecule has 0 unspecified atom stereocenters. The summed E-state index contributed by atoms with van der Waals surface area (Å²) in [6, 6.07) is 10.7. The minimum Gasteiger partial charge on any atom is -0.435 e. The Morgan fingerprint density at radius 2 is 1.64 bits per heavy atom. The van der Waals surface area contributed by atoms with Crippen LogP contribution in [0.5, 0.6) is 5.75 Å². The first-order valence-electron chi connectivity index (χ1n) is 7.20. The Bertz CT molecular complexity index is 815. The predicted octanol–water partition coefficient (Wildman–Crippen LogP) is 4.26. The van der Waals surface area contributed by atoms with Gasteiger partial charge in [-0.15, -0.1) is 0 Å². The molecule has 0 aliphatic carbocycles. The largest absolute Gasteiger partial charge is 0.435 e. The van der Waals surface area contributed by atoms with Crippen molar-refractivity contribution in [2.24, 2.45) is 0 Å². The lowest BCUT2D eigenvalue weighted by Crippen LogP contribution is -2.27. The van der Waals surface area contributed by atoms with E-state index in [0.717, 1.165) is 5.56 Å². The van der Waals surface area contributed by atoms with E-state index in [1.165, 1.54) is 24.3 Å². The van der Waals surface area contributed by atoms with Crippen LogP contribution in [-0.2, 0) is 22.2 Å². The number of hydrogen-bond donors (Lipinski definition) is 1. The number of nitrogens with one attached hydrogen (secondary N) is 1. The average Bonchev–Trinajstić information content (AvgIpc) is 2.52. The van der Waals surface area contributed by atoms with Gasteiger partial charge in [-0.3, -0.25) is 0 Å². The van der Waals surface area contributed by atoms with E-state index >= 15 is 0 Å². The van der Waals surface area contributed by atoms with Crippen LogP contribution in [0.4, 0.5) is 8.78 Å². The van der Waals surface area contributed by atoms with Gasteiger partial charge >= 0.3 is 6.61 Å². The van der Waals surface area contributed by atoms with Crippen LogP contribution in [-0.4, -0.2) is 21.6 Å². The maximum Gasteiger partial charge on any atom is 0.387 e. The molecular weight excluding hydrogens is 395 g/mol. The zero-order chi connectivity index (χ0) is 18.4. The topological polar surface area (TPSA) is 55.4 Å². The van der Waals surface area contributed by atoms with E-state index in [9.17, 15) is 17.2 Å². The first kappa shape index (κ1) is 19.9. The van der Waals surface area contributed by atoms with Gasteiger partial charge in [-0.2, -0.15) is 8.78 Å². The van der Waals surface area contributed by atoms with Crippen molar-refractivity contribution in [2.75, 3.05) is 6.54 Å². The van der Waals surface area contributed by atoms with Crippen molar-refractivity contribution in [3.63, 3.8) is 0 Å². The molecular formula is C16H15Cl2F2NO3S. The molecule has 0 bridgehead atoms. The number of benzene rings is 2. The first-order valence-corrected chi connectivity index (χ1v) is 9.61. The van der Waals surface area contributed by atoms with Gasteiger partial charge in [0.25, 0.3) is 0 Å². The predicted molar refractivity (Wildman–Crippen MR) is 93.9 cm³/mol. The molecule has 0 aliphatic rings. The van der Waals surface area contributed by atoms with Gasteiger partial charge < -0.3 is 4.74 Å². The molecule has 2 aromatic rings. The van der Waals surface area contributed by atoms with E-state index in [1.807, 2.05) is 0 Å². The quantitative estimate of drug-likeness (QED) is 0.708. The van der Waals surface area contributed by atoms with Crippen LogP contribution in [0.2, 0.25) is 10.0 Å². The zero-order valence-electron chi connectivity index (χ0n) is 12.9. The van der Waals surface area contributed by atoms with Gasteiger partial charge in [-0.1, -0.05) is 41.4 Å². The summed E-state index contributed by atoms with van der Waals surface area (Å²) in [6.07, 6.45) is 0.412. The standard InChI is InChI=1S/C16H15Cl2F2NO3S/c17-14-6-3-12(9-15(14)18)10-25(22,23)21-8-7-11-1-4-13(5-2-11)24-16(19)20/h1-6,9,16,21H,7-8,10H2. The molecule has 0 aromatic heterocycles. The van der Waals surface area contributed by atoms with E-state index in [1.54, 1.807) is 18.2 Å². The molecule has 9 heteroatoms. The molecule has 0 amide bonds. The highest BCUT2D eigenvalue weighted by Gasteiger charge is 2.12. The highest BCUT2D eigenvalue weighted by atomic mass is 35.5. The summed E-state index contributed by atoms with van der Waals surface area (Å²) >= 11 is 11.7. The van der Waals surface area contributed by atoms with Crippen LogP contribution >= 0.6 is 23.2 Å². The third kappa shape index (κ3) is 6.78. The molecule has 0 heterocycles. The third-order valence-electron chi connectivity index (χ3n) is 3.22. The molecule has 2 rings (SSSR count). The molecule has 0 fully saturated rings. The maximum absolute atomic E-state index is 12.1. The highest BCUT2D eigenvalue weighted by Crippen LogP contribution is 2.23. The molecule has 25 heavy (non-hydrogen) atoms. The monoisotopic (exact) mass is 409 g/mol. The van der Waals surface area contributed by atoms with Gasteiger partial charge in [0, 0.05) is 6.54 Å². The minimum atomic E-state index is -3.53. The maximum atomic E-state index is 12.1. The van der Waals surface area contributed by atoms with Crippen LogP contribution in [0.3, 0.4) is 0 Å². The molecule has 4 nitrogen and oxygen atoms in total. The average molecular weight is 410 g/mol. The number of sulfonamides is 1. The molecule has 0 saturated heterocycles. The van der Waals surface area contributed by atoms with Crippen molar-refractivity contribution >= 4 is 33.2 Å². The Kier molecular flexibility index (Phi) is 7.01. The molecule has 0 spiro atoms. The summed E-state index contributed by atoms with van der Waals surface area (Å²) in [7, 11) is -3.53. The molecule has 2 aromatic carbocycles. The fraction of sp³-hybridized carbons (Fsp3) is 0.250. The van der Waals surface area contributed by atoms with Gasteiger partial charge in [0.1, 0.15) is 5.75 Å². The van der Waals surface area contributed by atoms with Gasteiger partial charge in [0.15, 0.2) is 0 Å². The zero-order valence-corrected chi connectivity index (χ0v) is 15.2. The molecule has 0 atom stereocenters. The molecule has 136 valence electrons. The van der Waals surface area contributed by atoms with E-state index in [-0.39, 0.29) is 18.0 Å². The van der Waals surface area contributed by atoms with Crippen molar-refractivity contribution in [2.45, 2.75) is 18.8 Å². The Balaban J connectivity index is 1.86. The summed E-state index contributed by atoms with van der Waals surface area (Å²) in [4.78, 5) is 0. The second-order valence-electron chi connectivity index (χ2n) is 5.17. The highest BCUT2D eigenvalue weighted by molar-refractivity contribution is 7.88. The second kappa shape index (κ2) is 8.80. The van der Waals surface area contributed by atoms with Crippen LogP contribution in [0.15, 0.2) is 42.5 Å². The van der Waals surface area contributed by atoms with Gasteiger partial charge in [-0.05, 0) is 41.8 Å². The number of halogens is 4. The summed E-state index contributed by atoms with van der Waals surface area (Å²) in [5.41, 5.74) is 1.31. The van der Waals surface area contributed by atoms with Crippen molar-refractivity contribution in [1.82, 2.24) is 4.72 Å². The van der Waals surface area contributed by atoms with Gasteiger partial charge in [0.05, 0.1) is 15.8 Å². The third-order valence-corrected chi connectivity index (χ3v) is 5.32. The van der Waals surface area contributed by atoms with Crippen LogP contribution in [0.1, 0.15) is 11.1 Å². The fourth-order valence-electron chi connectivity index (χ4n) is 2.09. The number of rotatable bonds is 8. The fourth-order valence-corrected chi connectivity index (χ4v) is 3.54. The summed E-state index contributed by atoms with van der Waals surface area (Å²) in [5, 5.41) is 0.649. The number of alkyl halides is 2. The molecule has 0 saturated carbocycles. The van der Waals surface area contributed by atoms with Crippen LogP contribution < -0.4 is 9.46 Å². The SMILES string of the molecule is O=S(=O)(Cc1ccc(Cl)c(Cl)c1)NCCc1ccc(OC(F)F)cc1. The van der Waals surface area contributed by atoms with E-state index in [2.05, 4.69) is 9.46 Å². The summed E-state index contributed by atoms with van der Waals surface area (Å²) < 4.78 is 55.0. The Morgan fingerprint density at radius 3 is 2.24 bits per heavy atom. The second-order valence-corrected chi connectivity index (χ2v) is 7.80. The smallest absolute Gasteiger partial charge is 0.387 e.